The molecule has 0 bridgehead atoms. The van der Waals surface area contributed by atoms with Crippen molar-refractivity contribution < 1.29 is 27.9 Å². The topological polar surface area (TPSA) is 79.3 Å². The predicted octanol–water partition coefficient (Wildman–Crippen LogP) is 5.71. The van der Waals surface area contributed by atoms with E-state index in [0.717, 1.165) is 28.7 Å². The number of imide groups is 1. The molecule has 2 heterocycles. The van der Waals surface area contributed by atoms with Crippen LogP contribution in [0.15, 0.2) is 84.0 Å². The van der Waals surface area contributed by atoms with Crippen molar-refractivity contribution in [1.29, 1.82) is 0 Å². The predicted molar refractivity (Wildman–Crippen MR) is 139 cm³/mol. The summed E-state index contributed by atoms with van der Waals surface area (Å²) in [6, 6.07) is 20.7. The number of amides is 3. The molecule has 0 aliphatic carbocycles. The summed E-state index contributed by atoms with van der Waals surface area (Å²) in [5, 5.41) is 5.67. The van der Waals surface area contributed by atoms with Gasteiger partial charge >= 0.3 is 6.09 Å². The van der Waals surface area contributed by atoms with Gasteiger partial charge in [-0.05, 0) is 42.7 Å². The Morgan fingerprint density at radius 3 is 2.36 bits per heavy atom. The molecule has 39 heavy (non-hydrogen) atoms. The largest absolute Gasteiger partial charge is 0.439 e. The lowest BCUT2D eigenvalue weighted by Crippen LogP contribution is -2.44. The Morgan fingerprint density at radius 2 is 1.69 bits per heavy atom. The van der Waals surface area contributed by atoms with Gasteiger partial charge in [0, 0.05) is 25.3 Å². The summed E-state index contributed by atoms with van der Waals surface area (Å²) in [5.74, 6) is -2.18. The molecule has 9 heteroatoms. The van der Waals surface area contributed by atoms with Gasteiger partial charge < -0.3 is 4.74 Å². The summed E-state index contributed by atoms with van der Waals surface area (Å²) in [6.45, 7) is 3.08. The summed E-state index contributed by atoms with van der Waals surface area (Å²) >= 11 is 0. The number of hydrogen-bond acceptors (Lipinski definition) is 5. The minimum Gasteiger partial charge on any atom is -0.439 e. The van der Waals surface area contributed by atoms with Crippen molar-refractivity contribution in [3.05, 3.63) is 107 Å². The van der Waals surface area contributed by atoms with Gasteiger partial charge in [-0.2, -0.15) is 5.10 Å². The number of carbonyl (C=O) groups is 3. The van der Waals surface area contributed by atoms with Crippen LogP contribution >= 0.6 is 0 Å². The fraction of sp³-hybridized carbons (Fsp3) is 0.267. The first-order valence-electron chi connectivity index (χ1n) is 12.7. The summed E-state index contributed by atoms with van der Waals surface area (Å²) in [6.07, 6.45) is -1.31. The Hall–Kier alpha value is -4.40. The van der Waals surface area contributed by atoms with Crippen molar-refractivity contribution in [3.63, 3.8) is 0 Å². The number of cyclic esters (lactones) is 1. The smallest absolute Gasteiger partial charge is 0.417 e. The summed E-state index contributed by atoms with van der Waals surface area (Å²) in [5.41, 5.74) is 0.457. The third kappa shape index (κ3) is 4.80. The molecule has 0 spiro atoms. The lowest BCUT2D eigenvalue weighted by atomic mass is 9.80. The first-order chi connectivity index (χ1) is 18.7. The van der Waals surface area contributed by atoms with E-state index in [0.29, 0.717) is 5.56 Å². The molecule has 1 unspecified atom stereocenters. The van der Waals surface area contributed by atoms with Gasteiger partial charge in [-0.1, -0.05) is 60.7 Å². The molecule has 3 aromatic carbocycles. The highest BCUT2D eigenvalue weighted by atomic mass is 19.1. The number of nitrogens with zero attached hydrogens (tertiary/aromatic N) is 3. The van der Waals surface area contributed by atoms with Crippen LogP contribution in [-0.4, -0.2) is 39.6 Å². The molecule has 3 amide bonds. The Bertz CT molecular complexity index is 1450. The Kier molecular flexibility index (Phi) is 6.99. The fourth-order valence-corrected chi connectivity index (χ4v) is 5.47. The third-order valence-corrected chi connectivity index (χ3v) is 7.35. The molecule has 7 nitrogen and oxygen atoms in total. The monoisotopic (exact) mass is 531 g/mol. The first kappa shape index (κ1) is 26.2. The molecule has 1 fully saturated rings. The number of carbonyl (C=O) groups excluding carboxylic acids is 3. The number of halogens is 2. The number of rotatable bonds is 6. The molecular formula is C30H27F2N3O4. The maximum Gasteiger partial charge on any atom is 0.417 e. The normalized spacial score (nSPS) is 22.6. The van der Waals surface area contributed by atoms with Crippen LogP contribution in [0, 0.1) is 11.6 Å². The van der Waals surface area contributed by atoms with Crippen LogP contribution in [0.25, 0.3) is 0 Å². The van der Waals surface area contributed by atoms with Crippen LogP contribution < -0.4 is 0 Å². The molecule has 3 aromatic rings. The van der Waals surface area contributed by atoms with E-state index in [1.807, 2.05) is 36.4 Å². The standard InChI is InChI=1S/C30H27F2N3O4/c1-19-28(21-9-5-3-6-10-21)39-29(38)34(19)27(37)15-16-30(22-11-7-4-8-12-22)18-26(33-35(30)20(2)36)24-17-23(31)13-14-25(24)32/h3-14,17,19,28H,15-16,18H2,1-2H3/t19-,28?,30-/m0/s1. The molecule has 0 saturated carbocycles. The van der Waals surface area contributed by atoms with E-state index in [4.69, 9.17) is 4.74 Å². The van der Waals surface area contributed by atoms with Crippen LogP contribution in [0.2, 0.25) is 0 Å². The highest BCUT2D eigenvalue weighted by Gasteiger charge is 2.49. The second-order valence-corrected chi connectivity index (χ2v) is 9.80. The quantitative estimate of drug-likeness (QED) is 0.409. The maximum atomic E-state index is 14.7. The summed E-state index contributed by atoms with van der Waals surface area (Å²) in [7, 11) is 0. The molecule has 5 rings (SSSR count). The minimum atomic E-state index is -1.15. The lowest BCUT2D eigenvalue weighted by molar-refractivity contribution is -0.137. The molecule has 0 radical (unpaired) electrons. The van der Waals surface area contributed by atoms with Gasteiger partial charge in [0.2, 0.25) is 11.8 Å². The van der Waals surface area contributed by atoms with Crippen molar-refractivity contribution >= 4 is 23.6 Å². The Morgan fingerprint density at radius 1 is 1.03 bits per heavy atom. The average molecular weight is 532 g/mol. The van der Waals surface area contributed by atoms with Crippen molar-refractivity contribution in [3.8, 4) is 0 Å². The second kappa shape index (κ2) is 10.4. The number of hydrazone groups is 1. The van der Waals surface area contributed by atoms with E-state index >= 15 is 0 Å². The lowest BCUT2D eigenvalue weighted by Gasteiger charge is -2.36. The zero-order valence-electron chi connectivity index (χ0n) is 21.5. The number of hydrogen-bond donors (Lipinski definition) is 0. The zero-order valence-corrected chi connectivity index (χ0v) is 21.5. The Labute approximate surface area is 224 Å². The number of benzene rings is 3. The second-order valence-electron chi connectivity index (χ2n) is 9.80. The zero-order chi connectivity index (χ0) is 27.7. The van der Waals surface area contributed by atoms with E-state index in [1.54, 1.807) is 31.2 Å². The van der Waals surface area contributed by atoms with Crippen molar-refractivity contribution in [2.75, 3.05) is 0 Å². The molecule has 0 N–H and O–H groups in total. The SMILES string of the molecule is CC(=O)N1N=C(c2cc(F)ccc2F)C[C@@]1(CCC(=O)N1C(=O)OC(c2ccccc2)[C@@H]1C)c1ccccc1. The Balaban J connectivity index is 1.45. The van der Waals surface area contributed by atoms with E-state index < -0.39 is 47.2 Å². The molecule has 3 atom stereocenters. The average Bonchev–Trinajstić information content (AvgIpc) is 3.48. The minimum absolute atomic E-state index is 0.0483. The van der Waals surface area contributed by atoms with E-state index in [2.05, 4.69) is 5.10 Å². The van der Waals surface area contributed by atoms with Crippen molar-refractivity contribution in [1.82, 2.24) is 9.91 Å². The van der Waals surface area contributed by atoms with Crippen molar-refractivity contribution in [2.45, 2.75) is 50.8 Å². The van der Waals surface area contributed by atoms with Gasteiger partial charge in [-0.15, -0.1) is 0 Å². The van der Waals surface area contributed by atoms with Crippen LogP contribution in [0.5, 0.6) is 0 Å². The van der Waals surface area contributed by atoms with Gasteiger partial charge in [0.15, 0.2) is 0 Å². The van der Waals surface area contributed by atoms with Crippen molar-refractivity contribution in [2.24, 2.45) is 5.10 Å². The van der Waals surface area contributed by atoms with Gasteiger partial charge in [-0.3, -0.25) is 9.59 Å². The fourth-order valence-electron chi connectivity index (χ4n) is 5.47. The van der Waals surface area contributed by atoms with Gasteiger partial charge in [-0.25, -0.2) is 23.5 Å². The first-order valence-corrected chi connectivity index (χ1v) is 12.7. The van der Waals surface area contributed by atoms with E-state index in [1.165, 1.54) is 11.9 Å². The van der Waals surface area contributed by atoms with E-state index in [9.17, 15) is 23.2 Å². The molecule has 0 aromatic heterocycles. The molecule has 2 aliphatic heterocycles. The van der Waals surface area contributed by atoms with Crippen LogP contribution in [0.4, 0.5) is 13.6 Å². The number of ether oxygens (including phenoxy) is 1. The van der Waals surface area contributed by atoms with Gasteiger partial charge in [0.05, 0.1) is 17.3 Å². The highest BCUT2D eigenvalue weighted by molar-refractivity contribution is 6.04. The van der Waals surface area contributed by atoms with Crippen LogP contribution in [0.1, 0.15) is 55.9 Å². The van der Waals surface area contributed by atoms with Gasteiger partial charge in [0.1, 0.15) is 17.7 Å². The maximum absolute atomic E-state index is 14.7. The van der Waals surface area contributed by atoms with Crippen LogP contribution in [-0.2, 0) is 19.9 Å². The third-order valence-electron chi connectivity index (χ3n) is 7.35. The molecule has 1 saturated heterocycles. The van der Waals surface area contributed by atoms with E-state index in [-0.39, 0.29) is 30.5 Å². The highest BCUT2D eigenvalue weighted by Crippen LogP contribution is 2.44. The van der Waals surface area contributed by atoms with Crippen LogP contribution in [0.3, 0.4) is 0 Å². The summed E-state index contributed by atoms with van der Waals surface area (Å²) in [4.78, 5) is 40.2. The molecule has 2 aliphatic rings. The molecule has 200 valence electrons. The van der Waals surface area contributed by atoms with Gasteiger partial charge in [0.25, 0.3) is 0 Å². The summed E-state index contributed by atoms with van der Waals surface area (Å²) < 4.78 is 34.3. The molecular weight excluding hydrogens is 504 g/mol.